The Morgan fingerprint density at radius 1 is 1.54 bits per heavy atom. The fraction of sp³-hybridized carbons (Fsp3) is 0.111. The van der Waals surface area contributed by atoms with Crippen LogP contribution in [0.3, 0.4) is 0 Å². The van der Waals surface area contributed by atoms with Crippen molar-refractivity contribution in [2.24, 2.45) is 5.11 Å². The first-order valence-electron chi connectivity index (χ1n) is 3.79. The Hall–Kier alpha value is -1.38. The van der Waals surface area contributed by atoms with Crippen molar-refractivity contribution in [1.29, 1.82) is 0 Å². The molecule has 0 N–H and O–H groups in total. The molecular formula is C9H9N3S. The minimum Gasteiger partial charge on any atom is -0.175 e. The molecule has 0 aliphatic heterocycles. The summed E-state index contributed by atoms with van der Waals surface area (Å²) in [5, 5.41) is 3.50. The van der Waals surface area contributed by atoms with Gasteiger partial charge in [-0.3, -0.25) is 0 Å². The van der Waals surface area contributed by atoms with Crippen molar-refractivity contribution in [3.05, 3.63) is 46.3 Å². The minimum absolute atomic E-state index is 0.629. The lowest BCUT2D eigenvalue weighted by Crippen LogP contribution is -1.70. The zero-order valence-electron chi connectivity index (χ0n) is 6.96. The van der Waals surface area contributed by atoms with Crippen LogP contribution in [0, 0.1) is 0 Å². The van der Waals surface area contributed by atoms with Crippen molar-refractivity contribution in [1.82, 2.24) is 0 Å². The third-order valence-corrected chi connectivity index (χ3v) is 1.66. The molecule has 66 valence electrons. The molecule has 0 spiro atoms. The predicted molar refractivity (Wildman–Crippen MR) is 58.1 cm³/mol. The van der Waals surface area contributed by atoms with Crippen molar-refractivity contribution in [2.45, 2.75) is 0 Å². The third kappa shape index (κ3) is 3.23. The van der Waals surface area contributed by atoms with E-state index < -0.39 is 0 Å². The lowest BCUT2D eigenvalue weighted by molar-refractivity contribution is 1.47. The first kappa shape index (κ1) is 9.71. The lowest BCUT2D eigenvalue weighted by atomic mass is 10.2. The standard InChI is InChI=1S/C9H9N3S/c10-12-11-9-5-1-3-8(7-9)4-2-6-13/h1-5,7,13H,6H2. The van der Waals surface area contributed by atoms with Gasteiger partial charge in [-0.05, 0) is 17.2 Å². The van der Waals surface area contributed by atoms with E-state index in [0.29, 0.717) is 11.4 Å². The molecule has 1 aromatic carbocycles. The molecule has 0 aliphatic rings. The fourth-order valence-electron chi connectivity index (χ4n) is 0.931. The topological polar surface area (TPSA) is 48.8 Å². The third-order valence-electron chi connectivity index (χ3n) is 1.45. The second kappa shape index (κ2) is 5.30. The molecule has 0 heterocycles. The normalized spacial score (nSPS) is 9.92. The van der Waals surface area contributed by atoms with Gasteiger partial charge in [0.25, 0.3) is 0 Å². The van der Waals surface area contributed by atoms with Gasteiger partial charge in [0.1, 0.15) is 0 Å². The number of nitrogens with zero attached hydrogens (tertiary/aromatic N) is 3. The van der Waals surface area contributed by atoms with Gasteiger partial charge in [-0.15, -0.1) is 0 Å². The van der Waals surface area contributed by atoms with Crippen LogP contribution in [-0.2, 0) is 0 Å². The van der Waals surface area contributed by atoms with Crippen LogP contribution in [0.15, 0.2) is 35.5 Å². The molecule has 0 radical (unpaired) electrons. The molecule has 1 rings (SSSR count). The Balaban J connectivity index is 2.91. The van der Waals surface area contributed by atoms with E-state index >= 15 is 0 Å². The highest BCUT2D eigenvalue weighted by molar-refractivity contribution is 7.80. The van der Waals surface area contributed by atoms with Gasteiger partial charge in [0, 0.05) is 16.4 Å². The van der Waals surface area contributed by atoms with Gasteiger partial charge in [0.2, 0.25) is 0 Å². The summed E-state index contributed by atoms with van der Waals surface area (Å²) in [5.74, 6) is 0.700. The molecule has 0 aromatic heterocycles. The van der Waals surface area contributed by atoms with E-state index in [4.69, 9.17) is 5.53 Å². The van der Waals surface area contributed by atoms with E-state index in [2.05, 4.69) is 22.7 Å². The molecule has 4 heteroatoms. The van der Waals surface area contributed by atoms with E-state index in [1.165, 1.54) is 0 Å². The molecule has 0 saturated heterocycles. The van der Waals surface area contributed by atoms with E-state index in [1.54, 1.807) is 6.07 Å². The summed E-state index contributed by atoms with van der Waals surface area (Å²) in [6.07, 6.45) is 3.86. The van der Waals surface area contributed by atoms with Gasteiger partial charge in [-0.25, -0.2) is 0 Å². The van der Waals surface area contributed by atoms with Crippen molar-refractivity contribution < 1.29 is 0 Å². The number of hydrogen-bond donors (Lipinski definition) is 1. The SMILES string of the molecule is [N-]=[N+]=Nc1cccc(C=CCS)c1. The number of rotatable bonds is 3. The Labute approximate surface area is 82.1 Å². The number of benzene rings is 1. The molecule has 0 bridgehead atoms. The molecule has 13 heavy (non-hydrogen) atoms. The highest BCUT2D eigenvalue weighted by Gasteiger charge is 1.88. The van der Waals surface area contributed by atoms with Crippen molar-refractivity contribution >= 4 is 24.4 Å². The van der Waals surface area contributed by atoms with Crippen LogP contribution < -0.4 is 0 Å². The van der Waals surface area contributed by atoms with Crippen LogP contribution >= 0.6 is 12.6 Å². The Bertz CT molecular complexity index is 354. The minimum atomic E-state index is 0.629. The monoisotopic (exact) mass is 191 g/mol. The summed E-state index contributed by atoms with van der Waals surface area (Å²) >= 11 is 4.05. The van der Waals surface area contributed by atoms with Crippen LogP contribution in [0.2, 0.25) is 0 Å². The quantitative estimate of drug-likeness (QED) is 0.328. The van der Waals surface area contributed by atoms with E-state index in [-0.39, 0.29) is 0 Å². The highest BCUT2D eigenvalue weighted by atomic mass is 32.1. The Kier molecular flexibility index (Phi) is 3.96. The molecule has 0 atom stereocenters. The molecular weight excluding hydrogens is 182 g/mol. The van der Waals surface area contributed by atoms with Crippen molar-refractivity contribution in [2.75, 3.05) is 5.75 Å². The number of azide groups is 1. The van der Waals surface area contributed by atoms with Gasteiger partial charge >= 0.3 is 0 Å². The maximum absolute atomic E-state index is 8.21. The van der Waals surface area contributed by atoms with Gasteiger partial charge < -0.3 is 0 Å². The smallest absolute Gasteiger partial charge is 0.0381 e. The van der Waals surface area contributed by atoms with Crippen LogP contribution in [0.25, 0.3) is 16.5 Å². The number of hydrogen-bond acceptors (Lipinski definition) is 2. The zero-order chi connectivity index (χ0) is 9.52. The number of thiol groups is 1. The molecule has 3 nitrogen and oxygen atoms in total. The van der Waals surface area contributed by atoms with Gasteiger partial charge in [-0.1, -0.05) is 35.5 Å². The largest absolute Gasteiger partial charge is 0.175 e. The van der Waals surface area contributed by atoms with Crippen molar-refractivity contribution in [3.63, 3.8) is 0 Å². The molecule has 0 fully saturated rings. The second-order valence-electron chi connectivity index (χ2n) is 2.37. The maximum atomic E-state index is 8.21. The first-order valence-corrected chi connectivity index (χ1v) is 4.42. The van der Waals surface area contributed by atoms with Crippen LogP contribution in [0.4, 0.5) is 5.69 Å². The summed E-state index contributed by atoms with van der Waals surface area (Å²) in [6, 6.07) is 7.37. The molecule has 0 aliphatic carbocycles. The van der Waals surface area contributed by atoms with Crippen LogP contribution in [0.5, 0.6) is 0 Å². The molecule has 0 amide bonds. The van der Waals surface area contributed by atoms with Gasteiger partial charge in [0.05, 0.1) is 0 Å². The highest BCUT2D eigenvalue weighted by Crippen LogP contribution is 2.15. The summed E-state index contributed by atoms with van der Waals surface area (Å²) in [4.78, 5) is 2.71. The molecule has 0 unspecified atom stereocenters. The zero-order valence-corrected chi connectivity index (χ0v) is 7.85. The predicted octanol–water partition coefficient (Wildman–Crippen LogP) is 3.57. The maximum Gasteiger partial charge on any atom is 0.0381 e. The average Bonchev–Trinajstić information content (AvgIpc) is 2.16. The molecule has 0 saturated carbocycles. The lowest BCUT2D eigenvalue weighted by Gasteiger charge is -1.94. The Morgan fingerprint density at radius 3 is 3.08 bits per heavy atom. The van der Waals surface area contributed by atoms with Crippen LogP contribution in [0.1, 0.15) is 5.56 Å². The van der Waals surface area contributed by atoms with E-state index in [0.717, 1.165) is 5.56 Å². The summed E-state index contributed by atoms with van der Waals surface area (Å²) in [7, 11) is 0. The van der Waals surface area contributed by atoms with Crippen LogP contribution in [-0.4, -0.2) is 5.75 Å². The molecule has 1 aromatic rings. The van der Waals surface area contributed by atoms with E-state index in [9.17, 15) is 0 Å². The summed E-state index contributed by atoms with van der Waals surface area (Å²) < 4.78 is 0. The fourth-order valence-corrected chi connectivity index (χ4v) is 1.04. The van der Waals surface area contributed by atoms with Crippen molar-refractivity contribution in [3.8, 4) is 0 Å². The summed E-state index contributed by atoms with van der Waals surface area (Å²) in [6.45, 7) is 0. The first-order chi connectivity index (χ1) is 6.36. The van der Waals surface area contributed by atoms with E-state index in [1.807, 2.05) is 30.4 Å². The Morgan fingerprint density at radius 2 is 2.38 bits per heavy atom. The van der Waals surface area contributed by atoms with Gasteiger partial charge in [0.15, 0.2) is 0 Å². The second-order valence-corrected chi connectivity index (χ2v) is 2.73. The van der Waals surface area contributed by atoms with Gasteiger partial charge in [-0.2, -0.15) is 12.6 Å². The average molecular weight is 191 g/mol. The summed E-state index contributed by atoms with van der Waals surface area (Å²) in [5.41, 5.74) is 9.86.